The number of carbonyl (C=O) groups excluding carboxylic acids is 1. The number of nitrogens with zero attached hydrogens (tertiary/aromatic N) is 1. The maximum absolute atomic E-state index is 12.5. The molecule has 6 nitrogen and oxygen atoms in total. The van der Waals surface area contributed by atoms with E-state index in [0.29, 0.717) is 29.4 Å². The molecule has 0 saturated heterocycles. The number of carbonyl (C=O) groups is 1. The Labute approximate surface area is 140 Å². The summed E-state index contributed by atoms with van der Waals surface area (Å²) in [6, 6.07) is 10.2. The molecule has 0 spiro atoms. The summed E-state index contributed by atoms with van der Waals surface area (Å²) >= 11 is 0. The first-order valence-corrected chi connectivity index (χ1v) is 7.95. The van der Waals surface area contributed by atoms with Crippen LogP contribution in [0, 0.1) is 11.1 Å². The molecule has 1 aliphatic rings. The van der Waals surface area contributed by atoms with Crippen molar-refractivity contribution in [1.82, 2.24) is 5.32 Å². The van der Waals surface area contributed by atoms with Gasteiger partial charge < -0.3 is 20.0 Å². The predicted molar refractivity (Wildman–Crippen MR) is 87.9 cm³/mol. The Bertz CT molecular complexity index is 746. The first-order valence-electron chi connectivity index (χ1n) is 7.95. The largest absolute Gasteiger partial charge is 0.618 e. The van der Waals surface area contributed by atoms with Crippen molar-refractivity contribution in [3.63, 3.8) is 0 Å². The van der Waals surface area contributed by atoms with E-state index < -0.39 is 5.91 Å². The Morgan fingerprint density at radius 3 is 2.62 bits per heavy atom. The number of fused-ring (bicyclic) bond motifs is 1. The molecule has 0 bridgehead atoms. The fourth-order valence-electron chi connectivity index (χ4n) is 2.71. The maximum Gasteiger partial charge on any atom is 0.317 e. The molecule has 1 N–H and O–H groups in total. The average Bonchev–Trinajstić information content (AvgIpc) is 2.59. The molecule has 1 atom stereocenters. The molecule has 0 aliphatic carbocycles. The van der Waals surface area contributed by atoms with Crippen molar-refractivity contribution in [2.45, 2.75) is 19.9 Å². The normalized spacial score (nSPS) is 14.3. The Kier molecular flexibility index (Phi) is 4.55. The van der Waals surface area contributed by atoms with Crippen LogP contribution < -0.4 is 19.5 Å². The molecule has 0 radical (unpaired) electrons. The summed E-state index contributed by atoms with van der Waals surface area (Å²) in [6.07, 6.45) is 1.31. The van der Waals surface area contributed by atoms with Gasteiger partial charge in [0.1, 0.15) is 13.2 Å². The number of rotatable bonds is 4. The molecule has 2 heterocycles. The minimum absolute atomic E-state index is 0.0701. The first kappa shape index (κ1) is 16.1. The van der Waals surface area contributed by atoms with Crippen molar-refractivity contribution in [2.24, 2.45) is 5.92 Å². The number of amides is 1. The van der Waals surface area contributed by atoms with Crippen molar-refractivity contribution in [3.8, 4) is 11.5 Å². The second-order valence-electron chi connectivity index (χ2n) is 6.01. The number of pyridine rings is 1. The molecule has 1 amide bonds. The van der Waals surface area contributed by atoms with Crippen LogP contribution in [0.1, 0.15) is 35.9 Å². The SMILES string of the molecule is CC(C)[C@H](NC(=O)c1cccc[n+]1[O-])c1ccc2c(c1)OCCO2. The van der Waals surface area contributed by atoms with Crippen LogP contribution in [0.15, 0.2) is 42.6 Å². The highest BCUT2D eigenvalue weighted by atomic mass is 16.6. The summed E-state index contributed by atoms with van der Waals surface area (Å²) in [6.45, 7) is 5.07. The number of aromatic nitrogens is 1. The van der Waals surface area contributed by atoms with Crippen LogP contribution >= 0.6 is 0 Å². The second kappa shape index (κ2) is 6.78. The van der Waals surface area contributed by atoms with Crippen LogP contribution in [0.25, 0.3) is 0 Å². The smallest absolute Gasteiger partial charge is 0.317 e. The zero-order chi connectivity index (χ0) is 17.1. The molecule has 24 heavy (non-hydrogen) atoms. The fourth-order valence-corrected chi connectivity index (χ4v) is 2.71. The highest BCUT2D eigenvalue weighted by Gasteiger charge is 2.24. The lowest BCUT2D eigenvalue weighted by molar-refractivity contribution is -0.607. The van der Waals surface area contributed by atoms with Crippen molar-refractivity contribution in [2.75, 3.05) is 13.2 Å². The molecular weight excluding hydrogens is 308 g/mol. The van der Waals surface area contributed by atoms with Crippen LogP contribution in [-0.4, -0.2) is 19.1 Å². The third-order valence-corrected chi connectivity index (χ3v) is 3.94. The van der Waals surface area contributed by atoms with Gasteiger partial charge in [0, 0.05) is 12.1 Å². The number of nitrogens with one attached hydrogen (secondary N) is 1. The fraction of sp³-hybridized carbons (Fsp3) is 0.333. The Hall–Kier alpha value is -2.76. The molecule has 126 valence electrons. The molecule has 1 aromatic carbocycles. The van der Waals surface area contributed by atoms with Crippen LogP contribution in [-0.2, 0) is 0 Å². The Morgan fingerprint density at radius 2 is 1.92 bits per heavy atom. The van der Waals surface area contributed by atoms with Gasteiger partial charge in [0.15, 0.2) is 17.7 Å². The van der Waals surface area contributed by atoms with Crippen LogP contribution in [0.4, 0.5) is 0 Å². The van der Waals surface area contributed by atoms with E-state index in [0.717, 1.165) is 5.56 Å². The van der Waals surface area contributed by atoms with E-state index >= 15 is 0 Å². The minimum atomic E-state index is -0.404. The third kappa shape index (κ3) is 3.27. The van der Waals surface area contributed by atoms with Gasteiger partial charge in [-0.25, -0.2) is 0 Å². The van der Waals surface area contributed by atoms with Gasteiger partial charge in [-0.1, -0.05) is 19.9 Å². The van der Waals surface area contributed by atoms with Crippen LogP contribution in [0.2, 0.25) is 0 Å². The lowest BCUT2D eigenvalue weighted by Crippen LogP contribution is -2.41. The number of ether oxygens (including phenoxy) is 2. The molecule has 3 rings (SSSR count). The van der Waals surface area contributed by atoms with E-state index in [1.54, 1.807) is 12.1 Å². The molecule has 1 aromatic heterocycles. The first-order chi connectivity index (χ1) is 11.6. The van der Waals surface area contributed by atoms with E-state index in [-0.39, 0.29) is 17.7 Å². The zero-order valence-electron chi connectivity index (χ0n) is 13.7. The van der Waals surface area contributed by atoms with Gasteiger partial charge in [-0.15, -0.1) is 0 Å². The average molecular weight is 328 g/mol. The molecular formula is C18H20N2O4. The summed E-state index contributed by atoms with van der Waals surface area (Å²) in [4.78, 5) is 12.5. The highest BCUT2D eigenvalue weighted by Crippen LogP contribution is 2.34. The predicted octanol–water partition coefficient (Wildman–Crippen LogP) is 2.22. The third-order valence-electron chi connectivity index (χ3n) is 3.94. The van der Waals surface area contributed by atoms with Crippen LogP contribution in [0.3, 0.4) is 0 Å². The van der Waals surface area contributed by atoms with Crippen molar-refractivity contribution in [3.05, 3.63) is 59.1 Å². The summed E-state index contributed by atoms with van der Waals surface area (Å²) in [5.74, 6) is 1.12. The summed E-state index contributed by atoms with van der Waals surface area (Å²) < 4.78 is 11.7. The molecule has 1 aliphatic heterocycles. The van der Waals surface area contributed by atoms with E-state index in [9.17, 15) is 10.0 Å². The van der Waals surface area contributed by atoms with E-state index in [1.807, 2.05) is 32.0 Å². The summed E-state index contributed by atoms with van der Waals surface area (Å²) in [5.41, 5.74) is 0.983. The molecule has 6 heteroatoms. The maximum atomic E-state index is 12.5. The second-order valence-corrected chi connectivity index (χ2v) is 6.01. The Morgan fingerprint density at radius 1 is 1.17 bits per heavy atom. The van der Waals surface area contributed by atoms with Crippen molar-refractivity contribution < 1.29 is 19.0 Å². The molecule has 2 aromatic rings. The Balaban J connectivity index is 1.85. The summed E-state index contributed by atoms with van der Waals surface area (Å²) in [7, 11) is 0. The lowest BCUT2D eigenvalue weighted by atomic mass is 9.95. The standard InChI is InChI=1S/C18H20N2O4/c1-12(2)17(19-18(21)14-5-3-4-8-20(14)22)13-6-7-15-16(11-13)24-10-9-23-15/h3-8,11-12,17H,9-10H2,1-2H3,(H,19,21)/t17-/m0/s1. The van der Waals surface area contributed by atoms with Gasteiger partial charge in [0.25, 0.3) is 5.69 Å². The molecule has 0 fully saturated rings. The summed E-state index contributed by atoms with van der Waals surface area (Å²) in [5, 5.41) is 14.7. The van der Waals surface area contributed by atoms with Gasteiger partial charge in [0.05, 0.1) is 6.04 Å². The van der Waals surface area contributed by atoms with Gasteiger partial charge in [-0.2, -0.15) is 4.73 Å². The number of benzene rings is 1. The quantitative estimate of drug-likeness (QED) is 0.690. The molecule has 0 saturated carbocycles. The van der Waals surface area contributed by atoms with Gasteiger partial charge in [-0.05, 0) is 29.7 Å². The number of hydrogen-bond donors (Lipinski definition) is 1. The van der Waals surface area contributed by atoms with E-state index in [1.165, 1.54) is 12.3 Å². The van der Waals surface area contributed by atoms with Crippen molar-refractivity contribution in [1.29, 1.82) is 0 Å². The van der Waals surface area contributed by atoms with E-state index in [2.05, 4.69) is 5.32 Å². The van der Waals surface area contributed by atoms with Gasteiger partial charge in [0.2, 0.25) is 0 Å². The zero-order valence-corrected chi connectivity index (χ0v) is 13.7. The van der Waals surface area contributed by atoms with E-state index in [4.69, 9.17) is 9.47 Å². The monoisotopic (exact) mass is 328 g/mol. The van der Waals surface area contributed by atoms with Gasteiger partial charge >= 0.3 is 5.91 Å². The lowest BCUT2D eigenvalue weighted by Gasteiger charge is -2.25. The van der Waals surface area contributed by atoms with Gasteiger partial charge in [-0.3, -0.25) is 4.79 Å². The topological polar surface area (TPSA) is 74.5 Å². The molecule has 0 unspecified atom stereocenters. The minimum Gasteiger partial charge on any atom is -0.618 e. The highest BCUT2D eigenvalue weighted by molar-refractivity contribution is 5.91. The van der Waals surface area contributed by atoms with Crippen LogP contribution in [0.5, 0.6) is 11.5 Å². The van der Waals surface area contributed by atoms with Crippen molar-refractivity contribution >= 4 is 5.91 Å². The number of hydrogen-bond acceptors (Lipinski definition) is 4.